The van der Waals surface area contributed by atoms with E-state index in [0.717, 1.165) is 25.9 Å². The molecule has 2 fully saturated rings. The Morgan fingerprint density at radius 3 is 2.95 bits per heavy atom. The van der Waals surface area contributed by atoms with Gasteiger partial charge in [0.05, 0.1) is 9.95 Å². The summed E-state index contributed by atoms with van der Waals surface area (Å²) in [5.41, 5.74) is 0.531. The van der Waals surface area contributed by atoms with Crippen LogP contribution in [0, 0.1) is 10.1 Å². The zero-order chi connectivity index (χ0) is 14.1. The number of piperidine rings is 1. The molecule has 1 N–H and O–H groups in total. The molecule has 2 aliphatic rings. The van der Waals surface area contributed by atoms with Crippen LogP contribution in [0.1, 0.15) is 25.7 Å². The highest BCUT2D eigenvalue weighted by atomic mass is 35.5. The van der Waals surface area contributed by atoms with Gasteiger partial charge in [0.1, 0.15) is 5.69 Å². The molecule has 6 heteroatoms. The second-order valence-electron chi connectivity index (χ2n) is 5.53. The summed E-state index contributed by atoms with van der Waals surface area (Å²) in [6.07, 6.45) is 4.68. The minimum absolute atomic E-state index is 0.0618. The molecule has 2 unspecified atom stereocenters. The van der Waals surface area contributed by atoms with Crippen molar-refractivity contribution in [1.29, 1.82) is 0 Å². The highest BCUT2D eigenvalue weighted by molar-refractivity contribution is 6.33. The summed E-state index contributed by atoms with van der Waals surface area (Å²) in [7, 11) is 0. The van der Waals surface area contributed by atoms with Gasteiger partial charge < -0.3 is 5.32 Å². The van der Waals surface area contributed by atoms with Crippen LogP contribution < -0.4 is 5.32 Å². The normalized spacial score (nSPS) is 26.2. The summed E-state index contributed by atoms with van der Waals surface area (Å²) in [5.74, 6) is 0. The Labute approximate surface area is 123 Å². The van der Waals surface area contributed by atoms with Crippen molar-refractivity contribution in [2.75, 3.05) is 18.4 Å². The number of anilines is 1. The molecule has 2 saturated heterocycles. The summed E-state index contributed by atoms with van der Waals surface area (Å²) < 4.78 is 0. The van der Waals surface area contributed by atoms with Crippen LogP contribution in [0.5, 0.6) is 0 Å². The summed E-state index contributed by atoms with van der Waals surface area (Å²) in [6, 6.07) is 5.56. The molecule has 0 aliphatic carbocycles. The average molecular weight is 296 g/mol. The lowest BCUT2D eigenvalue weighted by molar-refractivity contribution is -0.384. The number of para-hydroxylation sites is 1. The van der Waals surface area contributed by atoms with E-state index in [-0.39, 0.29) is 16.7 Å². The third-order valence-electron chi connectivity index (χ3n) is 4.37. The lowest BCUT2D eigenvalue weighted by atomic mass is 9.99. The first-order chi connectivity index (χ1) is 9.66. The van der Waals surface area contributed by atoms with Gasteiger partial charge >= 0.3 is 0 Å². The molecule has 1 aromatic rings. The van der Waals surface area contributed by atoms with Gasteiger partial charge in [-0.1, -0.05) is 24.1 Å². The van der Waals surface area contributed by atoms with Crippen LogP contribution in [-0.4, -0.2) is 35.0 Å². The van der Waals surface area contributed by atoms with Gasteiger partial charge in [0, 0.05) is 24.7 Å². The number of nitrogens with zero attached hydrogens (tertiary/aromatic N) is 2. The van der Waals surface area contributed by atoms with E-state index in [0.29, 0.717) is 16.8 Å². The van der Waals surface area contributed by atoms with Gasteiger partial charge in [-0.05, 0) is 31.9 Å². The molecule has 20 heavy (non-hydrogen) atoms. The first-order valence-electron chi connectivity index (χ1n) is 7.10. The number of hydrogen-bond acceptors (Lipinski definition) is 4. The van der Waals surface area contributed by atoms with E-state index in [1.165, 1.54) is 18.9 Å². The van der Waals surface area contributed by atoms with E-state index in [2.05, 4.69) is 10.2 Å². The Balaban J connectivity index is 1.83. The zero-order valence-electron chi connectivity index (χ0n) is 11.2. The van der Waals surface area contributed by atoms with Crippen LogP contribution >= 0.6 is 11.6 Å². The van der Waals surface area contributed by atoms with Gasteiger partial charge in [0.15, 0.2) is 0 Å². The molecular weight excluding hydrogens is 278 g/mol. The molecule has 0 bridgehead atoms. The van der Waals surface area contributed by atoms with E-state index in [1.807, 2.05) is 0 Å². The Kier molecular flexibility index (Phi) is 3.81. The fourth-order valence-corrected chi connectivity index (χ4v) is 3.63. The number of fused-ring (bicyclic) bond motifs is 1. The Bertz CT molecular complexity index is 523. The molecule has 0 radical (unpaired) electrons. The molecule has 108 valence electrons. The second kappa shape index (κ2) is 5.58. The van der Waals surface area contributed by atoms with Crippen molar-refractivity contribution >= 4 is 23.0 Å². The first kappa shape index (κ1) is 13.6. The summed E-state index contributed by atoms with van der Waals surface area (Å²) in [4.78, 5) is 13.2. The van der Waals surface area contributed by atoms with Crippen LogP contribution in [0.4, 0.5) is 11.4 Å². The maximum Gasteiger partial charge on any atom is 0.293 e. The van der Waals surface area contributed by atoms with Crippen LogP contribution in [-0.2, 0) is 0 Å². The third-order valence-corrected chi connectivity index (χ3v) is 4.69. The molecule has 1 aromatic carbocycles. The fourth-order valence-electron chi connectivity index (χ4n) is 3.41. The van der Waals surface area contributed by atoms with E-state index in [4.69, 9.17) is 11.6 Å². The lowest BCUT2D eigenvalue weighted by Crippen LogP contribution is -2.41. The number of hydrogen-bond donors (Lipinski definition) is 1. The predicted molar refractivity (Wildman–Crippen MR) is 79.3 cm³/mol. The van der Waals surface area contributed by atoms with Crippen LogP contribution in [0.25, 0.3) is 0 Å². The average Bonchev–Trinajstić information content (AvgIpc) is 2.84. The smallest absolute Gasteiger partial charge is 0.293 e. The molecule has 0 spiro atoms. The van der Waals surface area contributed by atoms with Gasteiger partial charge in [0.2, 0.25) is 0 Å². The maximum absolute atomic E-state index is 11.1. The van der Waals surface area contributed by atoms with Crippen molar-refractivity contribution in [2.45, 2.75) is 37.8 Å². The molecule has 2 aliphatic heterocycles. The minimum atomic E-state index is -0.373. The quantitative estimate of drug-likeness (QED) is 0.687. The summed E-state index contributed by atoms with van der Waals surface area (Å²) in [5, 5.41) is 14.9. The monoisotopic (exact) mass is 295 g/mol. The summed E-state index contributed by atoms with van der Waals surface area (Å²) in [6.45, 7) is 2.22. The zero-order valence-corrected chi connectivity index (χ0v) is 12.0. The van der Waals surface area contributed by atoms with Crippen molar-refractivity contribution in [3.8, 4) is 0 Å². The van der Waals surface area contributed by atoms with Gasteiger partial charge in [-0.15, -0.1) is 0 Å². The van der Waals surface area contributed by atoms with Gasteiger partial charge in [0.25, 0.3) is 5.69 Å². The second-order valence-corrected chi connectivity index (χ2v) is 5.94. The largest absolute Gasteiger partial charge is 0.374 e. The SMILES string of the molecule is O=[N+]([O-])c1cccc(Cl)c1NC1CCN2CCCCC12. The molecule has 5 nitrogen and oxygen atoms in total. The van der Waals surface area contributed by atoms with Crippen molar-refractivity contribution in [3.63, 3.8) is 0 Å². The molecule has 0 aromatic heterocycles. The van der Waals surface area contributed by atoms with Crippen molar-refractivity contribution in [2.24, 2.45) is 0 Å². The van der Waals surface area contributed by atoms with Crippen molar-refractivity contribution in [1.82, 2.24) is 4.90 Å². The van der Waals surface area contributed by atoms with E-state index < -0.39 is 0 Å². The Hall–Kier alpha value is -1.33. The molecule has 2 heterocycles. The Morgan fingerprint density at radius 2 is 2.15 bits per heavy atom. The van der Waals surface area contributed by atoms with Gasteiger partial charge in [-0.2, -0.15) is 0 Å². The highest BCUT2D eigenvalue weighted by Gasteiger charge is 2.36. The van der Waals surface area contributed by atoms with Crippen LogP contribution in [0.3, 0.4) is 0 Å². The number of nitrogens with one attached hydrogen (secondary N) is 1. The van der Waals surface area contributed by atoms with Gasteiger partial charge in [-0.25, -0.2) is 0 Å². The van der Waals surface area contributed by atoms with Crippen LogP contribution in [0.15, 0.2) is 18.2 Å². The minimum Gasteiger partial charge on any atom is -0.374 e. The standard InChI is InChI=1S/C14H18ClN3O2/c15-10-4-3-6-13(18(19)20)14(10)16-11-7-9-17-8-2-1-5-12(11)17/h3-4,6,11-12,16H,1-2,5,7-9H2. The molecule has 2 atom stereocenters. The van der Waals surface area contributed by atoms with Crippen molar-refractivity contribution in [3.05, 3.63) is 33.3 Å². The molecule has 0 amide bonds. The predicted octanol–water partition coefficient (Wildman–Crippen LogP) is 3.29. The molecule has 0 saturated carbocycles. The number of nitro groups is 1. The lowest BCUT2D eigenvalue weighted by Gasteiger charge is -2.33. The topological polar surface area (TPSA) is 58.4 Å². The molecular formula is C14H18ClN3O2. The molecule has 3 rings (SSSR count). The highest BCUT2D eigenvalue weighted by Crippen LogP contribution is 2.36. The van der Waals surface area contributed by atoms with Crippen molar-refractivity contribution < 1.29 is 4.92 Å². The number of rotatable bonds is 3. The van der Waals surface area contributed by atoms with Gasteiger partial charge in [-0.3, -0.25) is 15.0 Å². The number of benzene rings is 1. The Morgan fingerprint density at radius 1 is 1.30 bits per heavy atom. The third kappa shape index (κ3) is 2.47. The maximum atomic E-state index is 11.1. The number of halogens is 1. The van der Waals surface area contributed by atoms with E-state index in [9.17, 15) is 10.1 Å². The van der Waals surface area contributed by atoms with E-state index in [1.54, 1.807) is 12.1 Å². The summed E-state index contributed by atoms with van der Waals surface area (Å²) >= 11 is 6.15. The van der Waals surface area contributed by atoms with Crippen LogP contribution in [0.2, 0.25) is 5.02 Å². The first-order valence-corrected chi connectivity index (χ1v) is 7.48. The number of nitro benzene ring substituents is 1. The fraction of sp³-hybridized carbons (Fsp3) is 0.571. The van der Waals surface area contributed by atoms with E-state index >= 15 is 0 Å².